The lowest BCUT2D eigenvalue weighted by molar-refractivity contribution is 0.0742. The fourth-order valence-corrected chi connectivity index (χ4v) is 5.39. The maximum Gasteiger partial charge on any atom is 0.273 e. The van der Waals surface area contributed by atoms with Gasteiger partial charge in [-0.3, -0.25) is 9.52 Å². The van der Waals surface area contributed by atoms with Gasteiger partial charge in [-0.05, 0) is 48.5 Å². The highest BCUT2D eigenvalue weighted by Gasteiger charge is 2.25. The fourth-order valence-electron chi connectivity index (χ4n) is 3.33. The third-order valence-electron chi connectivity index (χ3n) is 5.07. The van der Waals surface area contributed by atoms with Crippen LogP contribution in [0.15, 0.2) is 58.8 Å². The molecule has 0 bridgehead atoms. The van der Waals surface area contributed by atoms with Crippen molar-refractivity contribution in [3.05, 3.63) is 64.6 Å². The minimum atomic E-state index is -3.82. The van der Waals surface area contributed by atoms with E-state index >= 15 is 0 Å². The van der Waals surface area contributed by atoms with Gasteiger partial charge in [0.15, 0.2) is 5.13 Å². The number of piperazine rings is 1. The number of carbonyl (C=O) groups is 1. The first-order valence-electron chi connectivity index (χ1n) is 9.78. The summed E-state index contributed by atoms with van der Waals surface area (Å²) in [4.78, 5) is 21.0. The molecule has 4 rings (SSSR count). The van der Waals surface area contributed by atoms with Crippen LogP contribution in [0.4, 0.5) is 10.8 Å². The number of hydrogen-bond acceptors (Lipinski definition) is 7. The van der Waals surface area contributed by atoms with Crippen molar-refractivity contribution >= 4 is 49.7 Å². The van der Waals surface area contributed by atoms with Gasteiger partial charge in [0, 0.05) is 42.3 Å². The molecule has 8 nitrogen and oxygen atoms in total. The maximum absolute atomic E-state index is 12.9. The van der Waals surface area contributed by atoms with Crippen molar-refractivity contribution in [2.75, 3.05) is 42.9 Å². The second-order valence-electron chi connectivity index (χ2n) is 7.07. The third-order valence-corrected chi connectivity index (χ3v) is 7.57. The van der Waals surface area contributed by atoms with Crippen molar-refractivity contribution in [2.24, 2.45) is 0 Å². The molecule has 11 heteroatoms. The van der Waals surface area contributed by atoms with E-state index < -0.39 is 10.0 Å². The zero-order valence-corrected chi connectivity index (χ0v) is 19.6. The van der Waals surface area contributed by atoms with Gasteiger partial charge in [-0.25, -0.2) is 13.4 Å². The summed E-state index contributed by atoms with van der Waals surface area (Å²) < 4.78 is 32.6. The van der Waals surface area contributed by atoms with Gasteiger partial charge in [-0.1, -0.05) is 11.6 Å². The van der Waals surface area contributed by atoms with Crippen molar-refractivity contribution in [3.63, 3.8) is 0 Å². The number of sulfonamides is 1. The molecule has 2 aromatic carbocycles. The number of aromatic nitrogens is 1. The first-order valence-corrected chi connectivity index (χ1v) is 12.5. The first-order chi connectivity index (χ1) is 15.4. The number of anilines is 2. The molecule has 3 aromatic rings. The maximum atomic E-state index is 12.9. The van der Waals surface area contributed by atoms with Crippen LogP contribution in [0.5, 0.6) is 5.75 Å². The normalized spacial score (nSPS) is 14.3. The zero-order chi connectivity index (χ0) is 22.7. The van der Waals surface area contributed by atoms with Gasteiger partial charge in [0.2, 0.25) is 0 Å². The minimum Gasteiger partial charge on any atom is -0.497 e. The summed E-state index contributed by atoms with van der Waals surface area (Å²) in [7, 11) is -2.31. The van der Waals surface area contributed by atoms with Crippen LogP contribution < -0.4 is 14.4 Å². The summed E-state index contributed by atoms with van der Waals surface area (Å²) in [6, 6.07) is 13.6. The van der Waals surface area contributed by atoms with Gasteiger partial charge in [0.25, 0.3) is 15.9 Å². The molecule has 1 aliphatic rings. The highest BCUT2D eigenvalue weighted by Crippen LogP contribution is 2.24. The van der Waals surface area contributed by atoms with Gasteiger partial charge in [0.1, 0.15) is 11.4 Å². The Hall–Kier alpha value is -2.82. The Labute approximate surface area is 195 Å². The molecule has 1 amide bonds. The van der Waals surface area contributed by atoms with E-state index in [2.05, 4.69) is 14.6 Å². The topological polar surface area (TPSA) is 91.8 Å². The number of ether oxygens (including phenoxy) is 1. The van der Waals surface area contributed by atoms with Crippen molar-refractivity contribution in [1.82, 2.24) is 9.88 Å². The summed E-state index contributed by atoms with van der Waals surface area (Å²) in [5.41, 5.74) is 1.28. The summed E-state index contributed by atoms with van der Waals surface area (Å²) in [6.45, 7) is 2.47. The van der Waals surface area contributed by atoms with Crippen LogP contribution in [-0.4, -0.2) is 57.5 Å². The molecule has 168 valence electrons. The van der Waals surface area contributed by atoms with Crippen molar-refractivity contribution < 1.29 is 17.9 Å². The van der Waals surface area contributed by atoms with E-state index in [1.54, 1.807) is 22.4 Å². The molecule has 1 aromatic heterocycles. The Kier molecular flexibility index (Phi) is 6.54. The van der Waals surface area contributed by atoms with E-state index in [0.717, 1.165) is 17.0 Å². The number of halogens is 1. The van der Waals surface area contributed by atoms with Gasteiger partial charge in [-0.2, -0.15) is 0 Å². The average Bonchev–Trinajstić information content (AvgIpc) is 3.27. The Morgan fingerprint density at radius 1 is 1.06 bits per heavy atom. The quantitative estimate of drug-likeness (QED) is 0.565. The van der Waals surface area contributed by atoms with Crippen LogP contribution in [0.1, 0.15) is 10.5 Å². The molecular weight excluding hydrogens is 472 g/mol. The zero-order valence-electron chi connectivity index (χ0n) is 17.2. The van der Waals surface area contributed by atoms with Crippen LogP contribution >= 0.6 is 22.9 Å². The number of thiazole rings is 1. The molecule has 0 saturated carbocycles. The Balaban J connectivity index is 1.38. The highest BCUT2D eigenvalue weighted by molar-refractivity contribution is 7.93. The lowest BCUT2D eigenvalue weighted by Crippen LogP contribution is -2.48. The predicted molar refractivity (Wildman–Crippen MR) is 125 cm³/mol. The van der Waals surface area contributed by atoms with Gasteiger partial charge < -0.3 is 14.5 Å². The number of nitrogens with zero attached hydrogens (tertiary/aromatic N) is 3. The molecule has 0 spiro atoms. The van der Waals surface area contributed by atoms with Gasteiger partial charge >= 0.3 is 0 Å². The molecule has 1 fully saturated rings. The predicted octanol–water partition coefficient (Wildman–Crippen LogP) is 3.57. The molecule has 0 radical (unpaired) electrons. The molecule has 1 N–H and O–H groups in total. The van der Waals surface area contributed by atoms with Gasteiger partial charge in [-0.15, -0.1) is 11.3 Å². The lowest BCUT2D eigenvalue weighted by atomic mass is 10.2. The molecule has 0 unspecified atom stereocenters. The SMILES string of the molecule is COc1ccc(S(=O)(=O)Nc2nc(C(=O)N3CCN(c4ccc(Cl)cc4)CC3)cs2)cc1. The van der Waals surface area contributed by atoms with E-state index in [4.69, 9.17) is 16.3 Å². The second-order valence-corrected chi connectivity index (χ2v) is 10.1. The van der Waals surface area contributed by atoms with Crippen molar-refractivity contribution in [3.8, 4) is 5.75 Å². The number of rotatable bonds is 6. The third kappa shape index (κ3) is 4.98. The van der Waals surface area contributed by atoms with E-state index in [1.165, 1.54) is 19.2 Å². The summed E-state index contributed by atoms with van der Waals surface area (Å²) in [5.74, 6) is 0.342. The molecule has 0 atom stereocenters. The number of methoxy groups -OCH3 is 1. The Morgan fingerprint density at radius 3 is 2.34 bits per heavy atom. The minimum absolute atomic E-state index is 0.0831. The number of nitrogens with one attached hydrogen (secondary N) is 1. The molecule has 0 aliphatic carbocycles. The summed E-state index contributed by atoms with van der Waals surface area (Å²) >= 11 is 7.02. The fraction of sp³-hybridized carbons (Fsp3) is 0.238. The smallest absolute Gasteiger partial charge is 0.273 e. The van der Waals surface area contributed by atoms with E-state index in [-0.39, 0.29) is 21.6 Å². The summed E-state index contributed by atoms with van der Waals surface area (Å²) in [5, 5.41) is 2.40. The van der Waals surface area contributed by atoms with Crippen LogP contribution in [0.2, 0.25) is 5.02 Å². The standard InChI is InChI=1S/C21H21ClN4O4S2/c1-30-17-6-8-18(9-7-17)32(28,29)24-21-23-19(14-31-21)20(27)26-12-10-25(11-13-26)16-4-2-15(22)3-5-16/h2-9,14H,10-13H2,1H3,(H,23,24). The van der Waals surface area contributed by atoms with Crippen LogP contribution in [0.25, 0.3) is 0 Å². The van der Waals surface area contributed by atoms with Crippen molar-refractivity contribution in [2.45, 2.75) is 4.90 Å². The highest BCUT2D eigenvalue weighted by atomic mass is 35.5. The number of hydrogen-bond donors (Lipinski definition) is 1. The molecule has 1 aliphatic heterocycles. The van der Waals surface area contributed by atoms with Crippen LogP contribution in [-0.2, 0) is 10.0 Å². The monoisotopic (exact) mass is 492 g/mol. The Bertz CT molecular complexity index is 1190. The largest absolute Gasteiger partial charge is 0.497 e. The van der Waals surface area contributed by atoms with E-state index in [9.17, 15) is 13.2 Å². The second kappa shape index (κ2) is 9.35. The van der Waals surface area contributed by atoms with E-state index in [1.807, 2.05) is 24.3 Å². The van der Waals surface area contributed by atoms with Crippen LogP contribution in [0.3, 0.4) is 0 Å². The molecule has 1 saturated heterocycles. The molecule has 32 heavy (non-hydrogen) atoms. The van der Waals surface area contributed by atoms with E-state index in [0.29, 0.717) is 37.0 Å². The number of amides is 1. The van der Waals surface area contributed by atoms with Crippen LogP contribution in [0, 0.1) is 0 Å². The van der Waals surface area contributed by atoms with Crippen molar-refractivity contribution in [1.29, 1.82) is 0 Å². The first kappa shape index (κ1) is 22.4. The molecular formula is C21H21ClN4O4S2. The number of benzene rings is 2. The number of carbonyl (C=O) groups excluding carboxylic acids is 1. The Morgan fingerprint density at radius 2 is 1.72 bits per heavy atom. The average molecular weight is 493 g/mol. The lowest BCUT2D eigenvalue weighted by Gasteiger charge is -2.35. The molecule has 2 heterocycles. The van der Waals surface area contributed by atoms with Gasteiger partial charge in [0.05, 0.1) is 12.0 Å². The summed E-state index contributed by atoms with van der Waals surface area (Å²) in [6.07, 6.45) is 0.